The highest BCUT2D eigenvalue weighted by molar-refractivity contribution is 7.07. The van der Waals surface area contributed by atoms with E-state index < -0.39 is 47.4 Å². The van der Waals surface area contributed by atoms with E-state index in [-0.39, 0.29) is 37.0 Å². The monoisotopic (exact) mass is 741 g/mol. The Hall–Kier alpha value is -3.39. The van der Waals surface area contributed by atoms with Crippen molar-refractivity contribution in [3.8, 4) is 0 Å². The molecule has 1 aliphatic carbocycles. The van der Waals surface area contributed by atoms with Crippen molar-refractivity contribution in [2.45, 2.75) is 115 Å². The molecule has 1 aromatic carbocycles. The molecule has 1 aromatic heterocycles. The summed E-state index contributed by atoms with van der Waals surface area (Å²) >= 11 is 1.39. The molecule has 0 radical (unpaired) electrons. The van der Waals surface area contributed by atoms with Gasteiger partial charge in [0, 0.05) is 38.4 Å². The van der Waals surface area contributed by atoms with Crippen molar-refractivity contribution < 1.29 is 34.1 Å². The van der Waals surface area contributed by atoms with Gasteiger partial charge < -0.3 is 35.8 Å². The van der Waals surface area contributed by atoms with Crippen LogP contribution in [0.15, 0.2) is 41.2 Å². The van der Waals surface area contributed by atoms with Gasteiger partial charge in [-0.3, -0.25) is 19.2 Å². The Morgan fingerprint density at radius 3 is 2.29 bits per heavy atom. The van der Waals surface area contributed by atoms with E-state index in [0.29, 0.717) is 57.7 Å². The van der Waals surface area contributed by atoms with Gasteiger partial charge in [0.25, 0.3) is 0 Å². The Morgan fingerprint density at radius 2 is 1.67 bits per heavy atom. The van der Waals surface area contributed by atoms with Gasteiger partial charge in [-0.25, -0.2) is 4.98 Å². The van der Waals surface area contributed by atoms with Crippen LogP contribution >= 0.6 is 11.3 Å². The number of amides is 4. The molecule has 1 saturated heterocycles. The number of thiazole rings is 1. The van der Waals surface area contributed by atoms with Gasteiger partial charge in [0.05, 0.1) is 54.0 Å². The van der Waals surface area contributed by atoms with Crippen molar-refractivity contribution in [3.63, 3.8) is 0 Å². The lowest BCUT2D eigenvalue weighted by Gasteiger charge is -2.37. The van der Waals surface area contributed by atoms with Crippen molar-refractivity contribution in [3.05, 3.63) is 52.5 Å². The van der Waals surface area contributed by atoms with E-state index >= 15 is 0 Å². The molecule has 2 fully saturated rings. The molecule has 1 aliphatic heterocycles. The number of benzene rings is 1. The molecule has 4 rings (SSSR count). The molecule has 2 heterocycles. The molecule has 13 heteroatoms. The van der Waals surface area contributed by atoms with Crippen LogP contribution in [0.1, 0.15) is 89.3 Å². The number of morpholine rings is 1. The van der Waals surface area contributed by atoms with Gasteiger partial charge >= 0.3 is 0 Å². The first-order valence-corrected chi connectivity index (χ1v) is 20.0. The molecular weight excluding hydrogens is 683 g/mol. The first-order valence-electron chi connectivity index (χ1n) is 19.1. The summed E-state index contributed by atoms with van der Waals surface area (Å²) in [6.07, 6.45) is 5.64. The van der Waals surface area contributed by atoms with Crippen molar-refractivity contribution >= 4 is 35.0 Å². The number of hydrogen-bond acceptors (Lipinski definition) is 9. The van der Waals surface area contributed by atoms with Crippen LogP contribution in [-0.4, -0.2) is 101 Å². The average molecular weight is 742 g/mol. The van der Waals surface area contributed by atoms with Crippen LogP contribution < -0.4 is 16.0 Å². The first-order chi connectivity index (χ1) is 25.1. The molecule has 2 aliphatic rings. The number of ether oxygens (including phenoxy) is 1. The van der Waals surface area contributed by atoms with Crippen LogP contribution in [0, 0.1) is 17.8 Å². The number of rotatable bonds is 19. The van der Waals surface area contributed by atoms with Crippen molar-refractivity contribution in [1.82, 2.24) is 25.8 Å². The van der Waals surface area contributed by atoms with Crippen molar-refractivity contribution in [2.75, 3.05) is 33.4 Å². The van der Waals surface area contributed by atoms with Crippen LogP contribution in [0.5, 0.6) is 0 Å². The predicted octanol–water partition coefficient (Wildman–Crippen LogP) is 3.40. The lowest BCUT2D eigenvalue weighted by atomic mass is 9.76. The minimum absolute atomic E-state index is 0.0204. The summed E-state index contributed by atoms with van der Waals surface area (Å²) in [4.78, 5) is 61.0. The van der Waals surface area contributed by atoms with E-state index in [2.05, 4.69) is 20.9 Å². The third kappa shape index (κ3) is 12.1. The largest absolute Gasteiger partial charge is 0.391 e. The smallest absolute Gasteiger partial charge is 0.243 e. The maximum Gasteiger partial charge on any atom is 0.243 e. The highest BCUT2D eigenvalue weighted by Crippen LogP contribution is 2.33. The highest BCUT2D eigenvalue weighted by atomic mass is 32.1. The molecule has 4 amide bonds. The molecular formula is C39H59N5O7S. The number of aliphatic hydroxyl groups excluding tert-OH is 1. The van der Waals surface area contributed by atoms with Crippen LogP contribution in [-0.2, 0) is 36.8 Å². The second-order valence-electron chi connectivity index (χ2n) is 14.5. The SMILES string of the molecule is CCC(O)(CC)[C@H](C[C@H](O)[C@H](CC1CCCCC1)NC(=O)[C@H](Cc1cscn1)NC(=O)C(CC(=O)N1CCOCC1)Cc1ccccc1)C(=O)NC. The number of hydrogen-bond donors (Lipinski definition) is 5. The van der Waals surface area contributed by atoms with Crippen LogP contribution in [0.3, 0.4) is 0 Å². The lowest BCUT2D eigenvalue weighted by molar-refractivity contribution is -0.140. The number of aromatic nitrogens is 1. The maximum absolute atomic E-state index is 14.3. The third-order valence-corrected chi connectivity index (χ3v) is 11.7. The molecule has 2 aromatic rings. The summed E-state index contributed by atoms with van der Waals surface area (Å²) < 4.78 is 5.42. The fourth-order valence-electron chi connectivity index (χ4n) is 7.63. The number of carbonyl (C=O) groups excluding carboxylic acids is 4. The zero-order valence-corrected chi connectivity index (χ0v) is 31.9. The summed E-state index contributed by atoms with van der Waals surface area (Å²) in [5.41, 5.74) is 1.88. The second-order valence-corrected chi connectivity index (χ2v) is 15.2. The normalized spacial score (nSPS) is 18.4. The van der Waals surface area contributed by atoms with E-state index in [4.69, 9.17) is 4.74 Å². The number of nitrogens with zero attached hydrogens (tertiary/aromatic N) is 2. The maximum atomic E-state index is 14.3. The summed E-state index contributed by atoms with van der Waals surface area (Å²) in [6.45, 7) is 5.46. The minimum atomic E-state index is -1.33. The second kappa shape index (κ2) is 20.7. The average Bonchev–Trinajstić information content (AvgIpc) is 3.69. The van der Waals surface area contributed by atoms with E-state index in [1.165, 1.54) is 18.4 Å². The highest BCUT2D eigenvalue weighted by Gasteiger charge is 2.42. The summed E-state index contributed by atoms with van der Waals surface area (Å²) in [5, 5.41) is 33.7. The topological polar surface area (TPSA) is 170 Å². The molecule has 12 nitrogen and oxygen atoms in total. The van der Waals surface area contributed by atoms with E-state index in [1.807, 2.05) is 49.6 Å². The van der Waals surface area contributed by atoms with Gasteiger partial charge in [0.1, 0.15) is 6.04 Å². The lowest BCUT2D eigenvalue weighted by Crippen LogP contribution is -2.56. The van der Waals surface area contributed by atoms with Crippen LogP contribution in [0.4, 0.5) is 0 Å². The molecule has 5 atom stereocenters. The van der Waals surface area contributed by atoms with Gasteiger partial charge in [-0.15, -0.1) is 11.3 Å². The molecule has 1 unspecified atom stereocenters. The summed E-state index contributed by atoms with van der Waals surface area (Å²) in [7, 11) is 1.51. The van der Waals surface area contributed by atoms with Gasteiger partial charge in [0.2, 0.25) is 23.6 Å². The van der Waals surface area contributed by atoms with Gasteiger partial charge in [0.15, 0.2) is 0 Å². The van der Waals surface area contributed by atoms with Gasteiger partial charge in [-0.2, -0.15) is 0 Å². The van der Waals surface area contributed by atoms with E-state index in [9.17, 15) is 29.4 Å². The molecule has 52 heavy (non-hydrogen) atoms. The molecule has 5 N–H and O–H groups in total. The first kappa shape index (κ1) is 41.4. The van der Waals surface area contributed by atoms with Gasteiger partial charge in [-0.05, 0) is 43.6 Å². The van der Waals surface area contributed by atoms with Crippen molar-refractivity contribution in [1.29, 1.82) is 0 Å². The Kier molecular flexibility index (Phi) is 16.5. The van der Waals surface area contributed by atoms with E-state index in [0.717, 1.165) is 37.7 Å². The summed E-state index contributed by atoms with van der Waals surface area (Å²) in [5.74, 6) is -2.74. The fourth-order valence-corrected chi connectivity index (χ4v) is 8.20. The Morgan fingerprint density at radius 1 is 0.981 bits per heavy atom. The Bertz CT molecular complexity index is 1390. The third-order valence-electron chi connectivity index (χ3n) is 11.0. The Labute approximate surface area is 312 Å². The van der Waals surface area contributed by atoms with Crippen molar-refractivity contribution in [2.24, 2.45) is 17.8 Å². The fraction of sp³-hybridized carbons (Fsp3) is 0.667. The number of carbonyl (C=O) groups is 4. The van der Waals surface area contributed by atoms with Gasteiger partial charge in [-0.1, -0.05) is 76.3 Å². The molecule has 1 saturated carbocycles. The molecule has 0 bridgehead atoms. The Balaban J connectivity index is 1.58. The zero-order valence-electron chi connectivity index (χ0n) is 31.1. The minimum Gasteiger partial charge on any atom is -0.391 e. The van der Waals surface area contributed by atoms with Crippen LogP contribution in [0.25, 0.3) is 0 Å². The van der Waals surface area contributed by atoms with E-state index in [1.54, 1.807) is 10.4 Å². The number of nitrogens with one attached hydrogen (secondary N) is 3. The number of aliphatic hydroxyl groups is 2. The van der Waals surface area contributed by atoms with Crippen LogP contribution in [0.2, 0.25) is 0 Å². The predicted molar refractivity (Wildman–Crippen MR) is 200 cm³/mol. The molecule has 0 spiro atoms. The zero-order chi connectivity index (χ0) is 37.5. The standard InChI is InChI=1S/C39H59N5O7S/c1-4-39(50,5-2)31(37(48)40-3)24-34(45)32(21-28-14-10-7-11-15-28)42-38(49)33(23-30-25-52-26-41-30)43-36(47)29(20-27-12-8-6-9-13-27)22-35(46)44-16-18-51-19-17-44/h6,8-9,12-13,25-26,28-29,31-34,45,50H,4-5,7,10-11,14-24H2,1-3H3,(H,40,48)(H,42,49)(H,43,47)/t29?,31-,32+,33+,34+/m1/s1. The quantitative estimate of drug-likeness (QED) is 0.146. The summed E-state index contributed by atoms with van der Waals surface area (Å²) in [6, 6.07) is 7.75. The molecule has 288 valence electrons.